The summed E-state index contributed by atoms with van der Waals surface area (Å²) in [6.07, 6.45) is 5.28. The van der Waals surface area contributed by atoms with Crippen molar-refractivity contribution in [2.45, 2.75) is 50.8 Å². The molecule has 1 aromatic carbocycles. The Balaban J connectivity index is 0.00000392. The first-order valence-corrected chi connectivity index (χ1v) is 11.6. The fraction of sp³-hybridized carbons (Fsp3) is 0.650. The Morgan fingerprint density at radius 2 is 1.79 bits per heavy atom. The summed E-state index contributed by atoms with van der Waals surface area (Å²) in [6, 6.07) is 8.70. The topological polar surface area (TPSA) is 73.8 Å². The number of sulfonamides is 1. The van der Waals surface area contributed by atoms with E-state index < -0.39 is 10.0 Å². The van der Waals surface area contributed by atoms with Crippen LogP contribution < -0.4 is 10.6 Å². The monoisotopic (exact) mass is 522 g/mol. The predicted octanol–water partition coefficient (Wildman–Crippen LogP) is 3.45. The van der Waals surface area contributed by atoms with E-state index in [2.05, 4.69) is 24.5 Å². The zero-order valence-corrected chi connectivity index (χ0v) is 20.2. The number of nitrogens with one attached hydrogen (secondary N) is 2. The molecular formula is C20H35IN4O2S. The molecule has 8 heteroatoms. The normalized spacial score (nSPS) is 16.4. The summed E-state index contributed by atoms with van der Waals surface area (Å²) in [7, 11) is -3.37. The molecule has 1 saturated heterocycles. The highest BCUT2D eigenvalue weighted by Crippen LogP contribution is 2.23. The van der Waals surface area contributed by atoms with Gasteiger partial charge in [0.2, 0.25) is 10.0 Å². The summed E-state index contributed by atoms with van der Waals surface area (Å²) in [5.74, 6) is 1.30. The van der Waals surface area contributed by atoms with Gasteiger partial charge in [-0.1, -0.05) is 38.0 Å². The highest BCUT2D eigenvalue weighted by Gasteiger charge is 2.29. The van der Waals surface area contributed by atoms with Gasteiger partial charge >= 0.3 is 0 Å². The molecule has 1 fully saturated rings. The molecule has 6 nitrogen and oxygen atoms in total. The highest BCUT2D eigenvalue weighted by atomic mass is 127. The molecule has 1 aliphatic rings. The minimum atomic E-state index is -3.37. The van der Waals surface area contributed by atoms with Crippen LogP contribution in [0.4, 0.5) is 0 Å². The van der Waals surface area contributed by atoms with Gasteiger partial charge < -0.3 is 10.6 Å². The second-order valence-electron chi connectivity index (χ2n) is 7.01. The van der Waals surface area contributed by atoms with Crippen LogP contribution in [0.25, 0.3) is 0 Å². The van der Waals surface area contributed by atoms with Crippen LogP contribution in [0, 0.1) is 5.92 Å². The lowest BCUT2D eigenvalue weighted by Crippen LogP contribution is -2.40. The van der Waals surface area contributed by atoms with Gasteiger partial charge in [0.15, 0.2) is 5.96 Å². The van der Waals surface area contributed by atoms with Crippen molar-refractivity contribution >= 4 is 40.0 Å². The molecule has 1 aliphatic heterocycles. The number of rotatable bonds is 9. The number of unbranched alkanes of at least 4 members (excludes halogenated alkanes) is 2. The number of hydrogen-bond acceptors (Lipinski definition) is 3. The molecule has 28 heavy (non-hydrogen) atoms. The number of aliphatic imine (C=N–C) groups is 1. The van der Waals surface area contributed by atoms with Crippen molar-refractivity contribution in [3.05, 3.63) is 30.3 Å². The van der Waals surface area contributed by atoms with Crippen LogP contribution in [0.5, 0.6) is 0 Å². The maximum absolute atomic E-state index is 12.7. The Hall–Kier alpha value is -0.870. The molecule has 0 unspecified atom stereocenters. The van der Waals surface area contributed by atoms with Gasteiger partial charge in [-0.3, -0.25) is 4.99 Å². The Morgan fingerprint density at radius 3 is 2.39 bits per heavy atom. The van der Waals surface area contributed by atoms with E-state index >= 15 is 0 Å². The molecule has 0 bridgehead atoms. The lowest BCUT2D eigenvalue weighted by atomic mass is 9.98. The van der Waals surface area contributed by atoms with Gasteiger partial charge in [-0.05, 0) is 44.2 Å². The van der Waals surface area contributed by atoms with Crippen molar-refractivity contribution in [2.24, 2.45) is 10.9 Å². The molecule has 0 spiro atoms. The summed E-state index contributed by atoms with van der Waals surface area (Å²) in [5, 5.41) is 6.67. The fourth-order valence-electron chi connectivity index (χ4n) is 3.22. The molecule has 0 aliphatic carbocycles. The summed E-state index contributed by atoms with van der Waals surface area (Å²) < 4.78 is 27.0. The van der Waals surface area contributed by atoms with Gasteiger partial charge in [0.25, 0.3) is 0 Å². The van der Waals surface area contributed by atoms with E-state index in [-0.39, 0.29) is 24.0 Å². The van der Waals surface area contributed by atoms with Gasteiger partial charge in [0.05, 0.1) is 4.90 Å². The molecule has 160 valence electrons. The van der Waals surface area contributed by atoms with Gasteiger partial charge in [-0.15, -0.1) is 24.0 Å². The van der Waals surface area contributed by atoms with E-state index in [9.17, 15) is 8.42 Å². The number of halogens is 1. The SMILES string of the molecule is CCCCCNC(=NCC1CCN(S(=O)(=O)c2ccccc2)CC1)NCC.I. The lowest BCUT2D eigenvalue weighted by Gasteiger charge is -2.30. The Bertz CT molecular complexity index is 675. The molecule has 0 atom stereocenters. The number of hydrogen-bond donors (Lipinski definition) is 2. The quantitative estimate of drug-likeness (QED) is 0.226. The second-order valence-corrected chi connectivity index (χ2v) is 8.95. The molecule has 0 radical (unpaired) electrons. The predicted molar refractivity (Wildman–Crippen MR) is 127 cm³/mol. The van der Waals surface area contributed by atoms with Crippen LogP contribution in [0.2, 0.25) is 0 Å². The van der Waals surface area contributed by atoms with Crippen LogP contribution in [0.15, 0.2) is 40.2 Å². The van der Waals surface area contributed by atoms with E-state index in [4.69, 9.17) is 4.99 Å². The lowest BCUT2D eigenvalue weighted by molar-refractivity contribution is 0.278. The standard InChI is InChI=1S/C20H34N4O2S.HI/c1-3-5-9-14-22-20(21-4-2)23-17-18-12-15-24(16-13-18)27(25,26)19-10-7-6-8-11-19;/h6-8,10-11,18H,3-5,9,12-17H2,1-2H3,(H2,21,22,23);1H. The van der Waals surface area contributed by atoms with E-state index in [0.717, 1.165) is 44.9 Å². The first kappa shape index (κ1) is 25.2. The number of benzene rings is 1. The average molecular weight is 522 g/mol. The molecule has 1 heterocycles. The molecule has 0 aromatic heterocycles. The van der Waals surface area contributed by atoms with Crippen LogP contribution in [0.1, 0.15) is 46.0 Å². The number of nitrogens with zero attached hydrogens (tertiary/aromatic N) is 2. The Labute approximate surface area is 187 Å². The van der Waals surface area contributed by atoms with Crippen molar-refractivity contribution in [3.63, 3.8) is 0 Å². The number of piperidine rings is 1. The average Bonchev–Trinajstić information content (AvgIpc) is 2.70. The summed E-state index contributed by atoms with van der Waals surface area (Å²) in [4.78, 5) is 5.09. The maximum atomic E-state index is 12.7. The largest absolute Gasteiger partial charge is 0.357 e. The first-order valence-electron chi connectivity index (χ1n) is 10.1. The van der Waals surface area contributed by atoms with Crippen LogP contribution in [0.3, 0.4) is 0 Å². The molecule has 2 rings (SSSR count). The third-order valence-electron chi connectivity index (χ3n) is 4.88. The van der Waals surface area contributed by atoms with Crippen molar-refractivity contribution in [1.29, 1.82) is 0 Å². The maximum Gasteiger partial charge on any atom is 0.243 e. The smallest absolute Gasteiger partial charge is 0.243 e. The third kappa shape index (κ3) is 7.87. The van der Waals surface area contributed by atoms with Gasteiger partial charge in [-0.25, -0.2) is 8.42 Å². The van der Waals surface area contributed by atoms with Crippen molar-refractivity contribution < 1.29 is 8.42 Å². The molecule has 0 amide bonds. The fourth-order valence-corrected chi connectivity index (χ4v) is 4.71. The van der Waals surface area contributed by atoms with Crippen molar-refractivity contribution in [2.75, 3.05) is 32.7 Å². The highest BCUT2D eigenvalue weighted by molar-refractivity contribution is 14.0. The van der Waals surface area contributed by atoms with Gasteiger partial charge in [0, 0.05) is 32.7 Å². The van der Waals surface area contributed by atoms with E-state index in [0.29, 0.717) is 23.9 Å². The van der Waals surface area contributed by atoms with E-state index in [1.54, 1.807) is 28.6 Å². The minimum absolute atomic E-state index is 0. The molecule has 1 aromatic rings. The minimum Gasteiger partial charge on any atom is -0.357 e. The third-order valence-corrected chi connectivity index (χ3v) is 6.79. The van der Waals surface area contributed by atoms with Gasteiger partial charge in [0.1, 0.15) is 0 Å². The van der Waals surface area contributed by atoms with E-state index in [1.807, 2.05) is 6.07 Å². The zero-order chi connectivity index (χ0) is 19.5. The summed E-state index contributed by atoms with van der Waals surface area (Å²) in [5.41, 5.74) is 0. The summed E-state index contributed by atoms with van der Waals surface area (Å²) >= 11 is 0. The van der Waals surface area contributed by atoms with Crippen LogP contribution >= 0.6 is 24.0 Å². The van der Waals surface area contributed by atoms with Gasteiger partial charge in [-0.2, -0.15) is 4.31 Å². The van der Waals surface area contributed by atoms with Crippen LogP contribution in [-0.2, 0) is 10.0 Å². The molecule has 2 N–H and O–H groups in total. The van der Waals surface area contributed by atoms with Crippen molar-refractivity contribution in [1.82, 2.24) is 14.9 Å². The second kappa shape index (κ2) is 13.4. The van der Waals surface area contributed by atoms with Crippen molar-refractivity contribution in [3.8, 4) is 0 Å². The first-order chi connectivity index (χ1) is 13.1. The molecular weight excluding hydrogens is 487 g/mol. The Morgan fingerprint density at radius 1 is 1.11 bits per heavy atom. The van der Waals surface area contributed by atoms with E-state index in [1.165, 1.54) is 12.8 Å². The van der Waals surface area contributed by atoms with Crippen LogP contribution in [-0.4, -0.2) is 51.4 Å². The summed E-state index contributed by atoms with van der Waals surface area (Å²) in [6.45, 7) is 7.92. The Kier molecular flexibility index (Phi) is 12.0. The number of guanidine groups is 1. The molecule has 0 saturated carbocycles. The zero-order valence-electron chi connectivity index (χ0n) is 17.1.